The molecule has 0 atom stereocenters. The van der Waals surface area contributed by atoms with E-state index < -0.39 is 0 Å². The molecule has 0 heterocycles. The molecule has 4 heteroatoms. The van der Waals surface area contributed by atoms with Gasteiger partial charge in [-0.15, -0.1) is 0 Å². The fraction of sp³-hybridized carbons (Fsp3) is 0. The Labute approximate surface area is 94.0 Å². The molecule has 2 aromatic rings. The Kier molecular flexibility index (Phi) is 2.37. The van der Waals surface area contributed by atoms with Crippen LogP contribution >= 0.6 is 22.6 Å². The molecule has 0 saturated carbocycles. The van der Waals surface area contributed by atoms with Crippen LogP contribution in [-0.4, -0.2) is 4.92 Å². The van der Waals surface area contributed by atoms with Gasteiger partial charge in [0.15, 0.2) is 0 Å². The second-order valence-corrected chi connectivity index (χ2v) is 4.15. The summed E-state index contributed by atoms with van der Waals surface area (Å²) in [6, 6.07) is 10.9. The van der Waals surface area contributed by atoms with Crippen LogP contribution in [0.15, 0.2) is 36.4 Å². The largest absolute Gasteiger partial charge is 0.278 e. The van der Waals surface area contributed by atoms with Crippen molar-refractivity contribution in [3.63, 3.8) is 0 Å². The summed E-state index contributed by atoms with van der Waals surface area (Å²) in [5.41, 5.74) is 0.174. The van der Waals surface area contributed by atoms with Gasteiger partial charge in [0, 0.05) is 9.64 Å². The molecule has 0 unspecified atom stereocenters. The Balaban J connectivity index is 2.87. The van der Waals surface area contributed by atoms with Crippen molar-refractivity contribution in [3.05, 3.63) is 50.1 Å². The van der Waals surface area contributed by atoms with E-state index in [1.165, 1.54) is 0 Å². The average molecular weight is 299 g/mol. The van der Waals surface area contributed by atoms with Crippen molar-refractivity contribution in [2.45, 2.75) is 0 Å². The highest BCUT2D eigenvalue weighted by Gasteiger charge is 2.11. The van der Waals surface area contributed by atoms with E-state index in [2.05, 4.69) is 22.6 Å². The molecule has 0 radical (unpaired) electrons. The van der Waals surface area contributed by atoms with Crippen molar-refractivity contribution in [2.24, 2.45) is 0 Å². The molecule has 2 rings (SSSR count). The molecule has 70 valence electrons. The lowest BCUT2D eigenvalue weighted by molar-refractivity contribution is -0.383. The number of nitro benzene ring substituents is 1. The molecule has 14 heavy (non-hydrogen) atoms. The van der Waals surface area contributed by atoms with E-state index in [1.807, 2.05) is 24.3 Å². The van der Waals surface area contributed by atoms with Crippen LogP contribution in [0.1, 0.15) is 0 Å². The van der Waals surface area contributed by atoms with Gasteiger partial charge in [0.25, 0.3) is 5.69 Å². The van der Waals surface area contributed by atoms with Crippen molar-refractivity contribution >= 4 is 39.1 Å². The van der Waals surface area contributed by atoms with Gasteiger partial charge in [-0.2, -0.15) is 0 Å². The van der Waals surface area contributed by atoms with Gasteiger partial charge < -0.3 is 0 Å². The third-order valence-corrected chi connectivity index (χ3v) is 2.62. The van der Waals surface area contributed by atoms with Crippen LogP contribution in [0.25, 0.3) is 10.8 Å². The van der Waals surface area contributed by atoms with E-state index in [-0.39, 0.29) is 10.6 Å². The molecule has 2 aromatic carbocycles. The van der Waals surface area contributed by atoms with E-state index in [1.54, 1.807) is 12.1 Å². The first-order chi connectivity index (χ1) is 6.68. The average Bonchev–Trinajstić information content (AvgIpc) is 2.16. The number of nitrogens with zero attached hydrogens (tertiary/aromatic N) is 1. The number of fused-ring (bicyclic) bond motifs is 1. The van der Waals surface area contributed by atoms with Gasteiger partial charge in [0.05, 0.1) is 10.3 Å². The monoisotopic (exact) mass is 299 g/mol. The molecule has 0 aromatic heterocycles. The lowest BCUT2D eigenvalue weighted by Gasteiger charge is -1.99. The van der Waals surface area contributed by atoms with Crippen LogP contribution in [0.2, 0.25) is 0 Å². The topological polar surface area (TPSA) is 43.1 Å². The van der Waals surface area contributed by atoms with Crippen LogP contribution in [0.4, 0.5) is 5.69 Å². The summed E-state index contributed by atoms with van der Waals surface area (Å²) in [6.45, 7) is 0. The molecule has 0 N–H and O–H groups in total. The van der Waals surface area contributed by atoms with Crippen molar-refractivity contribution in [1.29, 1.82) is 0 Å². The molecular formula is C10H6INO2. The Hall–Kier alpha value is -1.17. The summed E-state index contributed by atoms with van der Waals surface area (Å²) in [7, 11) is 0. The van der Waals surface area contributed by atoms with Crippen LogP contribution in [0.5, 0.6) is 0 Å². The zero-order valence-electron chi connectivity index (χ0n) is 7.11. The molecule has 0 bridgehead atoms. The minimum Gasteiger partial charge on any atom is -0.258 e. The highest BCUT2D eigenvalue weighted by atomic mass is 127. The first-order valence-electron chi connectivity index (χ1n) is 4.01. The SMILES string of the molecule is O=[N+]([O-])c1cc(I)cc2ccccc12. The number of hydrogen-bond acceptors (Lipinski definition) is 2. The van der Waals surface area contributed by atoms with Gasteiger partial charge in [-0.3, -0.25) is 10.1 Å². The lowest BCUT2D eigenvalue weighted by Crippen LogP contribution is -1.90. The minimum atomic E-state index is -0.343. The minimum absolute atomic E-state index is 0.174. The number of non-ortho nitro benzene ring substituents is 1. The molecule has 0 amide bonds. The van der Waals surface area contributed by atoms with Crippen LogP contribution in [0.3, 0.4) is 0 Å². The van der Waals surface area contributed by atoms with Gasteiger partial charge in [-0.05, 0) is 40.1 Å². The molecule has 0 aliphatic rings. The van der Waals surface area contributed by atoms with E-state index in [9.17, 15) is 10.1 Å². The van der Waals surface area contributed by atoms with Crippen LogP contribution < -0.4 is 0 Å². The van der Waals surface area contributed by atoms with Crippen molar-refractivity contribution < 1.29 is 4.92 Å². The van der Waals surface area contributed by atoms with Crippen molar-refractivity contribution in [2.75, 3.05) is 0 Å². The predicted molar refractivity (Wildman–Crippen MR) is 63.3 cm³/mol. The fourth-order valence-corrected chi connectivity index (χ4v) is 2.04. The molecule has 0 spiro atoms. The fourth-order valence-electron chi connectivity index (χ4n) is 1.41. The Morgan fingerprint density at radius 3 is 2.64 bits per heavy atom. The number of rotatable bonds is 1. The lowest BCUT2D eigenvalue weighted by atomic mass is 10.1. The Morgan fingerprint density at radius 2 is 1.93 bits per heavy atom. The zero-order chi connectivity index (χ0) is 10.1. The standard InChI is InChI=1S/C10H6INO2/c11-8-5-7-3-1-2-4-9(7)10(6-8)12(13)14/h1-6H. The third-order valence-electron chi connectivity index (χ3n) is 2.00. The van der Waals surface area contributed by atoms with Crippen LogP contribution in [-0.2, 0) is 0 Å². The van der Waals surface area contributed by atoms with E-state index in [0.29, 0.717) is 5.39 Å². The van der Waals surface area contributed by atoms with Gasteiger partial charge in [-0.1, -0.05) is 18.2 Å². The maximum atomic E-state index is 10.8. The van der Waals surface area contributed by atoms with E-state index in [4.69, 9.17) is 0 Å². The summed E-state index contributed by atoms with van der Waals surface area (Å²) in [5, 5.41) is 12.4. The van der Waals surface area contributed by atoms with Crippen LogP contribution in [0, 0.1) is 13.7 Å². The van der Waals surface area contributed by atoms with Crippen molar-refractivity contribution in [1.82, 2.24) is 0 Å². The Morgan fingerprint density at radius 1 is 1.21 bits per heavy atom. The molecule has 0 aliphatic carbocycles. The highest BCUT2D eigenvalue weighted by Crippen LogP contribution is 2.27. The van der Waals surface area contributed by atoms with E-state index >= 15 is 0 Å². The first kappa shape index (κ1) is 9.39. The molecule has 0 saturated heterocycles. The molecule has 0 aliphatic heterocycles. The van der Waals surface area contributed by atoms with Gasteiger partial charge >= 0.3 is 0 Å². The normalized spacial score (nSPS) is 10.4. The highest BCUT2D eigenvalue weighted by molar-refractivity contribution is 14.1. The Bertz CT molecular complexity index is 510. The van der Waals surface area contributed by atoms with Gasteiger partial charge in [0.2, 0.25) is 0 Å². The summed E-state index contributed by atoms with van der Waals surface area (Å²) in [4.78, 5) is 10.4. The maximum Gasteiger partial charge on any atom is 0.278 e. The van der Waals surface area contributed by atoms with Gasteiger partial charge in [0.1, 0.15) is 0 Å². The summed E-state index contributed by atoms with van der Waals surface area (Å²) < 4.78 is 0.882. The smallest absolute Gasteiger partial charge is 0.258 e. The summed E-state index contributed by atoms with van der Waals surface area (Å²) >= 11 is 2.08. The van der Waals surface area contributed by atoms with Gasteiger partial charge in [-0.25, -0.2) is 0 Å². The van der Waals surface area contributed by atoms with Crippen molar-refractivity contribution in [3.8, 4) is 0 Å². The molecule has 3 nitrogen and oxygen atoms in total. The maximum absolute atomic E-state index is 10.8. The number of hydrogen-bond donors (Lipinski definition) is 0. The second-order valence-electron chi connectivity index (χ2n) is 2.90. The quantitative estimate of drug-likeness (QED) is 0.460. The number of halogens is 1. The third kappa shape index (κ3) is 1.57. The first-order valence-corrected chi connectivity index (χ1v) is 5.09. The van der Waals surface area contributed by atoms with E-state index in [0.717, 1.165) is 8.96 Å². The predicted octanol–water partition coefficient (Wildman–Crippen LogP) is 3.35. The summed E-state index contributed by atoms with van der Waals surface area (Å²) in [6.07, 6.45) is 0. The molecular weight excluding hydrogens is 293 g/mol. The molecule has 0 fully saturated rings. The zero-order valence-corrected chi connectivity index (χ0v) is 9.26. The number of nitro groups is 1. The summed E-state index contributed by atoms with van der Waals surface area (Å²) in [5.74, 6) is 0. The number of benzene rings is 2. The second kappa shape index (κ2) is 3.53.